The molecular weight excluding hydrogens is 134 g/mol. The summed E-state index contributed by atoms with van der Waals surface area (Å²) in [6.45, 7) is -3.04. The molecule has 3 nitrogen and oxygen atoms in total. The van der Waals surface area contributed by atoms with E-state index < -0.39 is 6.72 Å². The maximum absolute atomic E-state index is 8.49. The highest BCUT2D eigenvalue weighted by molar-refractivity contribution is 8.07. The molecule has 1 unspecified atom stereocenters. The molecule has 0 aromatic carbocycles. The van der Waals surface area contributed by atoms with Crippen LogP contribution >= 0.6 is 6.72 Å². The van der Waals surface area contributed by atoms with Gasteiger partial charge < -0.3 is 13.9 Å². The quantitative estimate of drug-likeness (QED) is 0.428. The van der Waals surface area contributed by atoms with Crippen molar-refractivity contribution in [1.82, 2.24) is 0 Å². The minimum atomic E-state index is -3.04. The molecular formula is CH4BO3PS. The van der Waals surface area contributed by atoms with Crippen molar-refractivity contribution in [2.45, 2.75) is 0 Å². The van der Waals surface area contributed by atoms with E-state index >= 15 is 0 Å². The summed E-state index contributed by atoms with van der Waals surface area (Å²) in [4.78, 5) is 8.49. The fourth-order valence-electron chi connectivity index (χ4n) is 0.0430. The van der Waals surface area contributed by atoms with Gasteiger partial charge in [-0.1, -0.05) is 0 Å². The zero-order valence-corrected chi connectivity index (χ0v) is 5.41. The first-order valence-corrected chi connectivity index (χ1v) is 3.98. The summed E-state index contributed by atoms with van der Waals surface area (Å²) in [5.74, 6) is 0. The van der Waals surface area contributed by atoms with Crippen LogP contribution in [0.15, 0.2) is 0 Å². The Morgan fingerprint density at radius 2 is 2.29 bits per heavy atom. The normalized spacial score (nSPS) is 18.6. The van der Waals surface area contributed by atoms with Gasteiger partial charge in [0, 0.05) is 7.11 Å². The van der Waals surface area contributed by atoms with Crippen LogP contribution in [0.2, 0.25) is 0 Å². The zero-order chi connectivity index (χ0) is 5.91. The van der Waals surface area contributed by atoms with Crippen LogP contribution in [-0.4, -0.2) is 20.1 Å². The second-order valence-corrected chi connectivity index (χ2v) is 3.65. The molecule has 40 valence electrons. The monoisotopic (exact) mass is 138 g/mol. The second kappa shape index (κ2) is 2.79. The van der Waals surface area contributed by atoms with Crippen LogP contribution < -0.4 is 0 Å². The van der Waals surface area contributed by atoms with Crippen molar-refractivity contribution in [2.24, 2.45) is 0 Å². The van der Waals surface area contributed by atoms with Crippen molar-refractivity contribution < 1.29 is 13.9 Å². The Morgan fingerprint density at radius 1 is 1.86 bits per heavy atom. The molecule has 1 atom stereocenters. The highest BCUT2D eigenvalue weighted by Gasteiger charge is 2.05. The lowest BCUT2D eigenvalue weighted by molar-refractivity contribution is 0.321. The maximum Gasteiger partial charge on any atom is 0.308 e. The van der Waals surface area contributed by atoms with Gasteiger partial charge in [-0.05, 0) is 11.8 Å². The maximum atomic E-state index is 8.49. The van der Waals surface area contributed by atoms with Gasteiger partial charge in [0.15, 0.2) is 0 Å². The lowest BCUT2D eigenvalue weighted by Crippen LogP contribution is -1.84. The van der Waals surface area contributed by atoms with Gasteiger partial charge in [0.1, 0.15) is 0 Å². The number of hydrogen-bond acceptors (Lipinski definition) is 3. The molecule has 7 heavy (non-hydrogen) atoms. The van der Waals surface area contributed by atoms with Crippen LogP contribution in [0.4, 0.5) is 0 Å². The van der Waals surface area contributed by atoms with Crippen LogP contribution in [0.25, 0.3) is 0 Å². The summed E-state index contributed by atoms with van der Waals surface area (Å²) < 4.78 is 8.07. The van der Waals surface area contributed by atoms with Crippen LogP contribution in [-0.2, 0) is 20.8 Å². The summed E-state index contributed by atoms with van der Waals surface area (Å²) in [7, 11) is 5.72. The van der Waals surface area contributed by atoms with Crippen LogP contribution in [0.3, 0.4) is 0 Å². The summed E-state index contributed by atoms with van der Waals surface area (Å²) >= 11 is 4.24. The zero-order valence-electron chi connectivity index (χ0n) is 3.70. The van der Waals surface area contributed by atoms with Crippen molar-refractivity contribution in [3.05, 3.63) is 0 Å². The van der Waals surface area contributed by atoms with Gasteiger partial charge in [0.25, 0.3) is 8.05 Å². The van der Waals surface area contributed by atoms with Gasteiger partial charge in [-0.25, -0.2) is 0 Å². The molecule has 1 N–H and O–H groups in total. The minimum absolute atomic E-state index is 1.23. The van der Waals surface area contributed by atoms with Gasteiger partial charge in [-0.3, -0.25) is 0 Å². The predicted molar refractivity (Wildman–Crippen MR) is 30.4 cm³/mol. The Kier molecular flexibility index (Phi) is 3.03. The first kappa shape index (κ1) is 7.59. The van der Waals surface area contributed by atoms with E-state index in [0.717, 1.165) is 0 Å². The SMILES string of the molecule is [B]OP(O)(=S)OC. The lowest BCUT2D eigenvalue weighted by Gasteiger charge is -2.07. The fourth-order valence-corrected chi connectivity index (χ4v) is 0.129. The molecule has 0 saturated heterocycles. The van der Waals surface area contributed by atoms with Gasteiger partial charge >= 0.3 is 6.72 Å². The predicted octanol–water partition coefficient (Wildman–Crippen LogP) is -0.0503. The highest BCUT2D eigenvalue weighted by atomic mass is 32.5. The van der Waals surface area contributed by atoms with Crippen molar-refractivity contribution in [2.75, 3.05) is 7.11 Å². The van der Waals surface area contributed by atoms with E-state index in [1.807, 2.05) is 0 Å². The fraction of sp³-hybridized carbons (Fsp3) is 1.00. The minimum Gasteiger partial charge on any atom is -0.383 e. The van der Waals surface area contributed by atoms with Gasteiger partial charge in [-0.15, -0.1) is 0 Å². The van der Waals surface area contributed by atoms with Gasteiger partial charge in [0.2, 0.25) is 0 Å². The molecule has 0 spiro atoms. The summed E-state index contributed by atoms with van der Waals surface area (Å²) in [6.07, 6.45) is 0. The average Bonchev–Trinajstić information content (AvgIpc) is 1.68. The van der Waals surface area contributed by atoms with E-state index in [9.17, 15) is 0 Å². The largest absolute Gasteiger partial charge is 0.383 e. The molecule has 0 amide bonds. The molecule has 0 bridgehead atoms. The standard InChI is InChI=1S/CH4BO3PS/c1-4-6(3,7)5-2/h1H3,(H,3,7). The Hall–Kier alpha value is 0.595. The van der Waals surface area contributed by atoms with Crippen LogP contribution in [0.5, 0.6) is 0 Å². The van der Waals surface area contributed by atoms with E-state index in [2.05, 4.69) is 28.8 Å². The topological polar surface area (TPSA) is 38.7 Å². The van der Waals surface area contributed by atoms with E-state index in [4.69, 9.17) is 4.89 Å². The highest BCUT2D eigenvalue weighted by Crippen LogP contribution is 2.40. The molecule has 0 saturated carbocycles. The first-order chi connectivity index (χ1) is 3.12. The van der Waals surface area contributed by atoms with Gasteiger partial charge in [-0.2, -0.15) is 0 Å². The van der Waals surface area contributed by atoms with Crippen molar-refractivity contribution >= 4 is 26.6 Å². The van der Waals surface area contributed by atoms with Crippen molar-refractivity contribution in [1.29, 1.82) is 0 Å². The Balaban J connectivity index is 3.61. The molecule has 2 radical (unpaired) electrons. The van der Waals surface area contributed by atoms with E-state index in [-0.39, 0.29) is 0 Å². The molecule has 0 aliphatic rings. The van der Waals surface area contributed by atoms with Crippen molar-refractivity contribution in [3.63, 3.8) is 0 Å². The Labute approximate surface area is 48.3 Å². The first-order valence-electron chi connectivity index (χ1n) is 1.39. The average molecular weight is 138 g/mol. The summed E-state index contributed by atoms with van der Waals surface area (Å²) in [6, 6.07) is 0. The molecule has 0 aliphatic heterocycles. The van der Waals surface area contributed by atoms with Crippen LogP contribution in [0, 0.1) is 0 Å². The molecule has 0 aliphatic carbocycles. The molecule has 0 heterocycles. The molecule has 0 aromatic rings. The lowest BCUT2D eigenvalue weighted by atomic mass is 10.6. The Bertz CT molecular complexity index is 86.9. The molecule has 0 fully saturated rings. The smallest absolute Gasteiger partial charge is 0.308 e. The van der Waals surface area contributed by atoms with Crippen LogP contribution in [0.1, 0.15) is 0 Å². The van der Waals surface area contributed by atoms with E-state index in [1.165, 1.54) is 7.11 Å². The molecule has 6 heteroatoms. The number of rotatable bonds is 2. The Morgan fingerprint density at radius 3 is 2.29 bits per heavy atom. The third kappa shape index (κ3) is 3.20. The third-order valence-electron chi connectivity index (χ3n) is 0.364. The van der Waals surface area contributed by atoms with Gasteiger partial charge in [0.05, 0.1) is 0 Å². The molecule has 0 aromatic heterocycles. The van der Waals surface area contributed by atoms with Crippen molar-refractivity contribution in [3.8, 4) is 0 Å². The van der Waals surface area contributed by atoms with E-state index in [0.29, 0.717) is 0 Å². The second-order valence-electron chi connectivity index (χ2n) is 0.757. The van der Waals surface area contributed by atoms with E-state index in [1.54, 1.807) is 0 Å². The number of hydrogen-bond donors (Lipinski definition) is 1. The third-order valence-corrected chi connectivity index (χ3v) is 1.80. The molecule has 0 rings (SSSR count). The summed E-state index contributed by atoms with van der Waals surface area (Å²) in [5.41, 5.74) is 0. The summed E-state index contributed by atoms with van der Waals surface area (Å²) in [5, 5.41) is 0.